The summed E-state index contributed by atoms with van der Waals surface area (Å²) in [5, 5.41) is 0. The van der Waals surface area contributed by atoms with Crippen LogP contribution in [0, 0.1) is 11.3 Å². The third-order valence-electron chi connectivity index (χ3n) is 4.92. The van der Waals surface area contributed by atoms with E-state index in [2.05, 4.69) is 38.1 Å². The first kappa shape index (κ1) is 10.3. The number of rotatable bonds is 0. The summed E-state index contributed by atoms with van der Waals surface area (Å²) in [7, 11) is 0. The fourth-order valence-corrected chi connectivity index (χ4v) is 3.97. The van der Waals surface area contributed by atoms with Crippen LogP contribution in [0.5, 0.6) is 0 Å². The van der Waals surface area contributed by atoms with E-state index < -0.39 is 0 Å². The highest BCUT2D eigenvalue weighted by atomic mass is 14.8. The van der Waals surface area contributed by atoms with Gasteiger partial charge in [-0.15, -0.1) is 0 Å². The van der Waals surface area contributed by atoms with E-state index in [-0.39, 0.29) is 5.41 Å². The minimum absolute atomic E-state index is 0.283. The van der Waals surface area contributed by atoms with Gasteiger partial charge in [-0.25, -0.2) is 0 Å². The summed E-state index contributed by atoms with van der Waals surface area (Å²) in [6.45, 7) is 4.67. The van der Waals surface area contributed by atoms with Gasteiger partial charge in [0.2, 0.25) is 0 Å². The monoisotopic (exact) mass is 215 g/mol. The Hall–Kier alpha value is -0.820. The van der Waals surface area contributed by atoms with Crippen molar-refractivity contribution in [3.63, 3.8) is 0 Å². The van der Waals surface area contributed by atoms with Crippen molar-refractivity contribution in [3.05, 3.63) is 35.4 Å². The molecular formula is C15H21N. The van der Waals surface area contributed by atoms with Crippen LogP contribution in [-0.4, -0.2) is 6.04 Å². The van der Waals surface area contributed by atoms with Crippen molar-refractivity contribution in [2.75, 3.05) is 0 Å². The third-order valence-corrected chi connectivity index (χ3v) is 4.92. The number of fused-ring (bicyclic) bond motifs is 3. The standard InChI is InChI=1S/C15H21N/c1-15(2)13-11-8-4-3-6-10(11)7-5-9-12(13)14(15)16/h3-4,6,8,12-14H,5,7,9,16H2,1-2H3. The van der Waals surface area contributed by atoms with Gasteiger partial charge >= 0.3 is 0 Å². The van der Waals surface area contributed by atoms with Crippen molar-refractivity contribution >= 4 is 0 Å². The Kier molecular flexibility index (Phi) is 2.16. The van der Waals surface area contributed by atoms with E-state index in [1.807, 2.05) is 0 Å². The van der Waals surface area contributed by atoms with Crippen LogP contribution in [0.2, 0.25) is 0 Å². The third kappa shape index (κ3) is 1.21. The number of hydrogen-bond donors (Lipinski definition) is 1. The Morgan fingerprint density at radius 1 is 1.25 bits per heavy atom. The Morgan fingerprint density at radius 3 is 2.81 bits per heavy atom. The van der Waals surface area contributed by atoms with Gasteiger partial charge in [0.05, 0.1) is 0 Å². The Balaban J connectivity index is 2.07. The molecule has 1 saturated carbocycles. The van der Waals surface area contributed by atoms with Crippen molar-refractivity contribution in [1.82, 2.24) is 0 Å². The van der Waals surface area contributed by atoms with Crippen LogP contribution in [0.1, 0.15) is 43.7 Å². The van der Waals surface area contributed by atoms with Crippen molar-refractivity contribution in [2.24, 2.45) is 17.1 Å². The first-order valence-corrected chi connectivity index (χ1v) is 6.46. The van der Waals surface area contributed by atoms with Crippen LogP contribution in [0.25, 0.3) is 0 Å². The first-order valence-electron chi connectivity index (χ1n) is 6.46. The lowest BCUT2D eigenvalue weighted by Crippen LogP contribution is -2.60. The highest BCUT2D eigenvalue weighted by Crippen LogP contribution is 2.59. The van der Waals surface area contributed by atoms with Crippen LogP contribution in [0.4, 0.5) is 0 Å². The molecule has 2 aliphatic carbocycles. The van der Waals surface area contributed by atoms with Gasteiger partial charge in [-0.2, -0.15) is 0 Å². The molecule has 0 saturated heterocycles. The first-order chi connectivity index (χ1) is 7.62. The van der Waals surface area contributed by atoms with E-state index in [1.165, 1.54) is 19.3 Å². The lowest BCUT2D eigenvalue weighted by molar-refractivity contribution is 0.0101. The molecule has 0 bridgehead atoms. The summed E-state index contributed by atoms with van der Waals surface area (Å²) < 4.78 is 0. The second-order valence-corrected chi connectivity index (χ2v) is 6.08. The summed E-state index contributed by atoms with van der Waals surface area (Å²) in [6.07, 6.45) is 3.86. The molecular weight excluding hydrogens is 194 g/mol. The van der Waals surface area contributed by atoms with Gasteiger partial charge in [0, 0.05) is 6.04 Å². The van der Waals surface area contributed by atoms with E-state index in [0.29, 0.717) is 12.0 Å². The van der Waals surface area contributed by atoms with E-state index in [1.54, 1.807) is 11.1 Å². The largest absolute Gasteiger partial charge is 0.327 e. The zero-order valence-corrected chi connectivity index (χ0v) is 10.2. The average molecular weight is 215 g/mol. The van der Waals surface area contributed by atoms with E-state index in [9.17, 15) is 0 Å². The molecule has 0 heterocycles. The van der Waals surface area contributed by atoms with Crippen molar-refractivity contribution in [1.29, 1.82) is 0 Å². The summed E-state index contributed by atoms with van der Waals surface area (Å²) in [5.74, 6) is 1.42. The molecule has 1 heteroatoms. The van der Waals surface area contributed by atoms with E-state index in [0.717, 1.165) is 5.92 Å². The molecule has 1 fully saturated rings. The number of hydrogen-bond acceptors (Lipinski definition) is 1. The molecule has 3 atom stereocenters. The number of nitrogens with two attached hydrogens (primary N) is 1. The van der Waals surface area contributed by atoms with Crippen LogP contribution in [0.15, 0.2) is 24.3 Å². The normalized spacial score (nSPS) is 35.6. The molecule has 1 aromatic carbocycles. The molecule has 0 amide bonds. The van der Waals surface area contributed by atoms with Crippen molar-refractivity contribution in [3.8, 4) is 0 Å². The summed E-state index contributed by atoms with van der Waals surface area (Å²) >= 11 is 0. The highest BCUT2D eigenvalue weighted by molar-refractivity contribution is 5.37. The predicted octanol–water partition coefficient (Wildman–Crippen LogP) is 3.09. The zero-order valence-electron chi connectivity index (χ0n) is 10.2. The van der Waals surface area contributed by atoms with Crippen LogP contribution < -0.4 is 5.73 Å². The van der Waals surface area contributed by atoms with Crippen LogP contribution in [0.3, 0.4) is 0 Å². The lowest BCUT2D eigenvalue weighted by Gasteiger charge is -2.57. The lowest BCUT2D eigenvalue weighted by atomic mass is 9.49. The molecule has 16 heavy (non-hydrogen) atoms. The average Bonchev–Trinajstić information content (AvgIpc) is 2.46. The van der Waals surface area contributed by atoms with Gasteiger partial charge < -0.3 is 5.73 Å². The Morgan fingerprint density at radius 2 is 2.00 bits per heavy atom. The second-order valence-electron chi connectivity index (χ2n) is 6.08. The fraction of sp³-hybridized carbons (Fsp3) is 0.600. The minimum atomic E-state index is 0.283. The molecule has 86 valence electrons. The summed E-state index contributed by atoms with van der Waals surface area (Å²) in [4.78, 5) is 0. The maximum Gasteiger partial charge on any atom is 0.0131 e. The molecule has 2 aliphatic rings. The van der Waals surface area contributed by atoms with Gasteiger partial charge in [0.15, 0.2) is 0 Å². The van der Waals surface area contributed by atoms with Gasteiger partial charge in [-0.05, 0) is 47.6 Å². The van der Waals surface area contributed by atoms with E-state index in [4.69, 9.17) is 5.73 Å². The SMILES string of the molecule is CC1(C)C(N)C2CCCc3ccccc3C21. The molecule has 0 aromatic heterocycles. The maximum absolute atomic E-state index is 6.34. The molecule has 0 spiro atoms. The molecule has 2 N–H and O–H groups in total. The minimum Gasteiger partial charge on any atom is -0.327 e. The molecule has 1 aromatic rings. The molecule has 3 rings (SSSR count). The molecule has 0 aliphatic heterocycles. The molecule has 3 unspecified atom stereocenters. The van der Waals surface area contributed by atoms with Gasteiger partial charge in [-0.1, -0.05) is 38.1 Å². The maximum atomic E-state index is 6.34. The Bertz CT molecular complexity index is 408. The van der Waals surface area contributed by atoms with Gasteiger partial charge in [0.25, 0.3) is 0 Å². The molecule has 0 radical (unpaired) electrons. The van der Waals surface area contributed by atoms with Gasteiger partial charge in [0.1, 0.15) is 0 Å². The fourth-order valence-electron chi connectivity index (χ4n) is 3.97. The van der Waals surface area contributed by atoms with Crippen molar-refractivity contribution in [2.45, 2.75) is 45.1 Å². The highest BCUT2D eigenvalue weighted by Gasteiger charge is 2.55. The quantitative estimate of drug-likeness (QED) is 0.707. The van der Waals surface area contributed by atoms with Crippen LogP contribution >= 0.6 is 0 Å². The Labute approximate surface area is 98.0 Å². The second kappa shape index (κ2) is 3.33. The summed E-state index contributed by atoms with van der Waals surface area (Å²) in [5.41, 5.74) is 9.77. The van der Waals surface area contributed by atoms with E-state index >= 15 is 0 Å². The van der Waals surface area contributed by atoms with Gasteiger partial charge in [-0.3, -0.25) is 0 Å². The van der Waals surface area contributed by atoms with Crippen LogP contribution in [-0.2, 0) is 6.42 Å². The number of benzene rings is 1. The summed E-state index contributed by atoms with van der Waals surface area (Å²) in [6, 6.07) is 9.37. The molecule has 1 nitrogen and oxygen atoms in total. The predicted molar refractivity (Wildman–Crippen MR) is 67.4 cm³/mol. The topological polar surface area (TPSA) is 26.0 Å². The smallest absolute Gasteiger partial charge is 0.0131 e. The zero-order chi connectivity index (χ0) is 11.3. The van der Waals surface area contributed by atoms with Crippen molar-refractivity contribution < 1.29 is 0 Å². The number of aryl methyl sites for hydroxylation is 1.